The Hall–Kier alpha value is -3.49. The molecule has 2 aliphatic heterocycles. The first-order chi connectivity index (χ1) is 21.3. The zero-order valence-electron chi connectivity index (χ0n) is 24.1. The predicted molar refractivity (Wildman–Crippen MR) is 153 cm³/mol. The Morgan fingerprint density at radius 2 is 1.91 bits per heavy atom. The number of rotatable bonds is 9. The minimum atomic E-state index is -5.08. The summed E-state index contributed by atoms with van der Waals surface area (Å²) in [5, 5.41) is 18.6. The largest absolute Gasteiger partial charge is 0.490 e. The SMILES string of the molecule is C[C@@H]1CN(c2nc(Nc3ccncn3)c3c(n2)c(CN2CCSCC2)nn3CCOCC(F)(F)F)CCN1.O=C(O)C(F)(F)F. The van der Waals surface area contributed by atoms with E-state index in [1.807, 2.05) is 11.8 Å². The summed E-state index contributed by atoms with van der Waals surface area (Å²) in [6.07, 6.45) is -6.42. The second-order valence-electron chi connectivity index (χ2n) is 10.1. The Kier molecular flexibility index (Phi) is 11.6. The van der Waals surface area contributed by atoms with Crippen LogP contribution in [0.1, 0.15) is 12.6 Å². The van der Waals surface area contributed by atoms with E-state index in [9.17, 15) is 26.3 Å². The van der Waals surface area contributed by atoms with Crippen LogP contribution in [0.25, 0.3) is 11.0 Å². The molecule has 0 spiro atoms. The van der Waals surface area contributed by atoms with Crippen molar-refractivity contribution in [2.75, 3.05) is 67.7 Å². The first kappa shape index (κ1) is 34.4. The maximum absolute atomic E-state index is 12.6. The van der Waals surface area contributed by atoms with Gasteiger partial charge in [-0.25, -0.2) is 19.7 Å². The van der Waals surface area contributed by atoms with Crippen molar-refractivity contribution in [1.82, 2.24) is 39.9 Å². The molecular formula is C25H32F6N10O3S. The Balaban J connectivity index is 0.000000591. The third kappa shape index (κ3) is 10.3. The number of alkyl halides is 6. The summed E-state index contributed by atoms with van der Waals surface area (Å²) in [5.74, 6) is 0.930. The number of hydrogen-bond acceptors (Lipinski definition) is 12. The van der Waals surface area contributed by atoms with Crippen molar-refractivity contribution in [3.8, 4) is 0 Å². The van der Waals surface area contributed by atoms with Crippen LogP contribution < -0.4 is 15.5 Å². The number of fused-ring (bicyclic) bond motifs is 1. The van der Waals surface area contributed by atoms with E-state index in [2.05, 4.69) is 37.3 Å². The minimum Gasteiger partial charge on any atom is -0.475 e. The van der Waals surface area contributed by atoms with Crippen molar-refractivity contribution in [1.29, 1.82) is 0 Å². The Morgan fingerprint density at radius 1 is 1.18 bits per heavy atom. The molecule has 2 aliphatic rings. The van der Waals surface area contributed by atoms with Gasteiger partial charge in [-0.3, -0.25) is 9.58 Å². The number of aromatic nitrogens is 6. The van der Waals surface area contributed by atoms with Crippen LogP contribution in [0.2, 0.25) is 0 Å². The van der Waals surface area contributed by atoms with Gasteiger partial charge in [-0.05, 0) is 13.0 Å². The van der Waals surface area contributed by atoms with E-state index in [-0.39, 0.29) is 19.2 Å². The molecule has 0 aliphatic carbocycles. The van der Waals surface area contributed by atoms with Gasteiger partial charge in [0, 0.05) is 63.0 Å². The fourth-order valence-electron chi connectivity index (χ4n) is 4.54. The second kappa shape index (κ2) is 15.2. The minimum absolute atomic E-state index is 0.119. The van der Waals surface area contributed by atoms with Crippen molar-refractivity contribution < 1.29 is 41.0 Å². The lowest BCUT2D eigenvalue weighted by Crippen LogP contribution is -2.49. The molecule has 0 saturated carbocycles. The van der Waals surface area contributed by atoms with Gasteiger partial charge >= 0.3 is 18.3 Å². The van der Waals surface area contributed by atoms with E-state index in [0.717, 1.165) is 49.9 Å². The van der Waals surface area contributed by atoms with Gasteiger partial charge in [0.2, 0.25) is 5.95 Å². The highest BCUT2D eigenvalue weighted by molar-refractivity contribution is 7.99. The molecule has 45 heavy (non-hydrogen) atoms. The van der Waals surface area contributed by atoms with Crippen LogP contribution in [0.15, 0.2) is 18.6 Å². The van der Waals surface area contributed by atoms with Gasteiger partial charge in [-0.1, -0.05) is 0 Å². The molecule has 2 saturated heterocycles. The van der Waals surface area contributed by atoms with Gasteiger partial charge in [-0.2, -0.15) is 48.2 Å². The summed E-state index contributed by atoms with van der Waals surface area (Å²) in [6, 6.07) is 2.00. The normalized spacial score (nSPS) is 18.0. The van der Waals surface area contributed by atoms with Crippen molar-refractivity contribution in [3.63, 3.8) is 0 Å². The zero-order valence-corrected chi connectivity index (χ0v) is 24.9. The molecule has 0 bridgehead atoms. The molecule has 0 radical (unpaired) electrons. The van der Waals surface area contributed by atoms with E-state index in [1.54, 1.807) is 16.9 Å². The number of carbonyl (C=O) groups is 1. The lowest BCUT2D eigenvalue weighted by molar-refractivity contribution is -0.192. The van der Waals surface area contributed by atoms with Crippen molar-refractivity contribution >= 4 is 46.3 Å². The fraction of sp³-hybridized carbons (Fsp3) is 0.600. The molecule has 3 aromatic heterocycles. The zero-order chi connectivity index (χ0) is 32.6. The number of anilines is 3. The number of carboxylic acid groups (broad SMARTS) is 1. The lowest BCUT2D eigenvalue weighted by Gasteiger charge is -2.32. The van der Waals surface area contributed by atoms with Crippen molar-refractivity contribution in [2.45, 2.75) is 38.4 Å². The summed E-state index contributed by atoms with van der Waals surface area (Å²) in [4.78, 5) is 31.4. The van der Waals surface area contributed by atoms with E-state index in [1.165, 1.54) is 6.33 Å². The van der Waals surface area contributed by atoms with Crippen LogP contribution in [-0.4, -0.2) is 122 Å². The molecule has 248 valence electrons. The van der Waals surface area contributed by atoms with Gasteiger partial charge in [0.1, 0.15) is 35.5 Å². The van der Waals surface area contributed by atoms with Gasteiger partial charge in [-0.15, -0.1) is 0 Å². The number of piperazine rings is 1. The maximum atomic E-state index is 12.6. The van der Waals surface area contributed by atoms with Crippen LogP contribution in [-0.2, 0) is 22.6 Å². The smallest absolute Gasteiger partial charge is 0.475 e. The molecule has 3 N–H and O–H groups in total. The number of aliphatic carboxylic acids is 1. The number of ether oxygens (including phenoxy) is 1. The average molecular weight is 667 g/mol. The summed E-state index contributed by atoms with van der Waals surface area (Å²) >= 11 is 1.92. The van der Waals surface area contributed by atoms with Gasteiger partial charge in [0.05, 0.1) is 13.2 Å². The Bertz CT molecular complexity index is 1410. The number of hydrogen-bond donors (Lipinski definition) is 3. The third-order valence-electron chi connectivity index (χ3n) is 6.56. The predicted octanol–water partition coefficient (Wildman–Crippen LogP) is 2.92. The molecule has 5 rings (SSSR count). The molecule has 13 nitrogen and oxygen atoms in total. The topological polar surface area (TPSA) is 146 Å². The quantitative estimate of drug-likeness (QED) is 0.228. The van der Waals surface area contributed by atoms with Crippen molar-refractivity contribution in [3.05, 3.63) is 24.3 Å². The highest BCUT2D eigenvalue weighted by Crippen LogP contribution is 2.30. The van der Waals surface area contributed by atoms with Crippen LogP contribution in [0, 0.1) is 0 Å². The fourth-order valence-corrected chi connectivity index (χ4v) is 5.52. The molecule has 0 unspecified atom stereocenters. The second-order valence-corrected chi connectivity index (χ2v) is 11.3. The summed E-state index contributed by atoms with van der Waals surface area (Å²) in [5.41, 5.74) is 2.04. The average Bonchev–Trinajstić information content (AvgIpc) is 3.33. The first-order valence-corrected chi connectivity index (χ1v) is 15.0. The Labute approximate surface area is 257 Å². The van der Waals surface area contributed by atoms with Crippen LogP contribution >= 0.6 is 11.8 Å². The molecule has 5 heterocycles. The monoisotopic (exact) mass is 666 g/mol. The molecule has 0 amide bonds. The van der Waals surface area contributed by atoms with E-state index in [0.29, 0.717) is 35.2 Å². The summed E-state index contributed by atoms with van der Waals surface area (Å²) in [6.45, 7) is 5.55. The Morgan fingerprint density at radius 3 is 2.53 bits per heavy atom. The first-order valence-electron chi connectivity index (χ1n) is 13.8. The van der Waals surface area contributed by atoms with E-state index >= 15 is 0 Å². The van der Waals surface area contributed by atoms with Gasteiger partial charge < -0.3 is 25.4 Å². The summed E-state index contributed by atoms with van der Waals surface area (Å²) < 4.78 is 76.2. The molecule has 20 heteroatoms. The number of nitrogens with zero attached hydrogens (tertiary/aromatic N) is 8. The van der Waals surface area contributed by atoms with Crippen LogP contribution in [0.5, 0.6) is 0 Å². The maximum Gasteiger partial charge on any atom is 0.490 e. The van der Waals surface area contributed by atoms with Gasteiger partial charge in [0.15, 0.2) is 5.82 Å². The van der Waals surface area contributed by atoms with Crippen LogP contribution in [0.3, 0.4) is 0 Å². The standard InChI is InChI=1S/C23H31F3N10OS.C2HF3O2/c1-16-12-35(5-4-28-16)22-31-19-17(13-34-7-10-38-11-8-34)33-36(6-9-37-14-23(24,25)26)20(19)21(32-22)30-18-2-3-27-15-29-18;3-2(4,5)1(6)7/h2-3,15-16,28H,4-14H2,1H3,(H,27,29,30,31,32);(H,6,7)/t16-;/m1./s1. The lowest BCUT2D eigenvalue weighted by atomic mass is 10.2. The highest BCUT2D eigenvalue weighted by atomic mass is 32.2. The molecule has 2 fully saturated rings. The van der Waals surface area contributed by atoms with Gasteiger partial charge in [0.25, 0.3) is 0 Å². The highest BCUT2D eigenvalue weighted by Gasteiger charge is 2.38. The number of nitrogens with one attached hydrogen (secondary N) is 2. The third-order valence-corrected chi connectivity index (χ3v) is 7.50. The number of halogens is 6. The molecule has 1 atom stereocenters. The molecule has 3 aromatic rings. The van der Waals surface area contributed by atoms with Crippen LogP contribution in [0.4, 0.5) is 43.9 Å². The van der Waals surface area contributed by atoms with E-state index < -0.39 is 24.9 Å². The summed E-state index contributed by atoms with van der Waals surface area (Å²) in [7, 11) is 0. The van der Waals surface area contributed by atoms with E-state index in [4.69, 9.17) is 29.7 Å². The number of thioether (sulfide) groups is 1. The van der Waals surface area contributed by atoms with Crippen molar-refractivity contribution in [2.24, 2.45) is 0 Å². The molecular weight excluding hydrogens is 634 g/mol. The number of carboxylic acids is 1. The molecule has 0 aromatic carbocycles.